The Hall–Kier alpha value is -0.0400. The molecule has 1 aliphatic carbocycles. The van der Waals surface area contributed by atoms with Gasteiger partial charge in [-0.3, -0.25) is 0 Å². The molecule has 1 fully saturated rings. The number of hydrogen-bond acceptors (Lipinski definition) is 1. The van der Waals surface area contributed by atoms with Gasteiger partial charge in [0.15, 0.2) is 0 Å². The molecule has 0 saturated heterocycles. The summed E-state index contributed by atoms with van der Waals surface area (Å²) in [6.07, 6.45) is 11.3. The van der Waals surface area contributed by atoms with Crippen LogP contribution in [0.1, 0.15) is 72.1 Å². The molecule has 0 aromatic heterocycles. The molecule has 0 spiro atoms. The summed E-state index contributed by atoms with van der Waals surface area (Å²) in [4.78, 5) is 0. The molecule has 16 heavy (non-hydrogen) atoms. The van der Waals surface area contributed by atoms with Crippen molar-refractivity contribution in [3.63, 3.8) is 0 Å². The second-order valence-electron chi connectivity index (χ2n) is 5.75. The molecule has 0 radical (unpaired) electrons. The van der Waals surface area contributed by atoms with E-state index < -0.39 is 0 Å². The quantitative estimate of drug-likeness (QED) is 0.647. The van der Waals surface area contributed by atoms with Crippen molar-refractivity contribution in [2.75, 3.05) is 6.54 Å². The van der Waals surface area contributed by atoms with Crippen LogP contribution in [0.4, 0.5) is 0 Å². The van der Waals surface area contributed by atoms with E-state index in [0.717, 1.165) is 17.9 Å². The van der Waals surface area contributed by atoms with Gasteiger partial charge in [-0.1, -0.05) is 52.9 Å². The minimum atomic E-state index is 0.761. The minimum absolute atomic E-state index is 0.761. The Balaban J connectivity index is 2.08. The van der Waals surface area contributed by atoms with Gasteiger partial charge in [-0.15, -0.1) is 0 Å². The van der Waals surface area contributed by atoms with Crippen LogP contribution in [0, 0.1) is 11.8 Å². The van der Waals surface area contributed by atoms with Crippen LogP contribution in [0.25, 0.3) is 0 Å². The van der Waals surface area contributed by atoms with Crippen molar-refractivity contribution in [3.8, 4) is 0 Å². The Labute approximate surface area is 102 Å². The third kappa shape index (κ3) is 5.34. The van der Waals surface area contributed by atoms with Crippen molar-refractivity contribution >= 4 is 0 Å². The predicted molar refractivity (Wildman–Crippen MR) is 72.7 cm³/mol. The Morgan fingerprint density at radius 3 is 2.38 bits per heavy atom. The van der Waals surface area contributed by atoms with Crippen molar-refractivity contribution in [1.29, 1.82) is 0 Å². The number of hydrogen-bond donors (Lipinski definition) is 1. The van der Waals surface area contributed by atoms with Gasteiger partial charge in [0.2, 0.25) is 0 Å². The molecule has 1 N–H and O–H groups in total. The van der Waals surface area contributed by atoms with Crippen molar-refractivity contribution in [2.45, 2.75) is 78.2 Å². The minimum Gasteiger partial charge on any atom is -0.314 e. The SMILES string of the molecule is CCC(C)CC(CC)NCCC1CCCC1. The van der Waals surface area contributed by atoms with Crippen LogP contribution in [0.5, 0.6) is 0 Å². The van der Waals surface area contributed by atoms with Crippen molar-refractivity contribution in [3.05, 3.63) is 0 Å². The van der Waals surface area contributed by atoms with Gasteiger partial charge < -0.3 is 5.32 Å². The first kappa shape index (κ1) is 14.0. The molecule has 1 aliphatic rings. The Bertz CT molecular complexity index is 161. The standard InChI is InChI=1S/C15H31N/c1-4-13(3)12-15(5-2)16-11-10-14-8-6-7-9-14/h13-16H,4-12H2,1-3H3. The fourth-order valence-electron chi connectivity index (χ4n) is 2.84. The molecule has 0 amide bonds. The smallest absolute Gasteiger partial charge is 0.00669 e. The first-order valence-corrected chi connectivity index (χ1v) is 7.49. The summed E-state index contributed by atoms with van der Waals surface area (Å²) in [5.41, 5.74) is 0. The fraction of sp³-hybridized carbons (Fsp3) is 1.00. The summed E-state index contributed by atoms with van der Waals surface area (Å²) in [6.45, 7) is 8.24. The molecule has 2 unspecified atom stereocenters. The summed E-state index contributed by atoms with van der Waals surface area (Å²) in [7, 11) is 0. The van der Waals surface area contributed by atoms with Gasteiger partial charge in [0.25, 0.3) is 0 Å². The highest BCUT2D eigenvalue weighted by Gasteiger charge is 2.15. The number of nitrogens with one attached hydrogen (secondary N) is 1. The highest BCUT2D eigenvalue weighted by Crippen LogP contribution is 2.27. The van der Waals surface area contributed by atoms with E-state index in [4.69, 9.17) is 0 Å². The first-order chi connectivity index (χ1) is 7.76. The molecular formula is C15H31N. The van der Waals surface area contributed by atoms with E-state index in [1.54, 1.807) is 0 Å². The summed E-state index contributed by atoms with van der Waals surface area (Å²) >= 11 is 0. The Kier molecular flexibility index (Phi) is 7.11. The zero-order valence-electron chi connectivity index (χ0n) is 11.6. The first-order valence-electron chi connectivity index (χ1n) is 7.49. The molecule has 1 heteroatoms. The Morgan fingerprint density at radius 1 is 1.12 bits per heavy atom. The molecule has 0 aromatic carbocycles. The second-order valence-corrected chi connectivity index (χ2v) is 5.75. The zero-order valence-corrected chi connectivity index (χ0v) is 11.6. The van der Waals surface area contributed by atoms with E-state index in [1.807, 2.05) is 0 Å². The number of rotatable bonds is 8. The molecule has 1 rings (SSSR count). The van der Waals surface area contributed by atoms with Crippen molar-refractivity contribution in [1.82, 2.24) is 5.32 Å². The van der Waals surface area contributed by atoms with Crippen LogP contribution in [-0.2, 0) is 0 Å². The van der Waals surface area contributed by atoms with Crippen LogP contribution >= 0.6 is 0 Å². The summed E-state index contributed by atoms with van der Waals surface area (Å²) in [5, 5.41) is 3.76. The topological polar surface area (TPSA) is 12.0 Å². The van der Waals surface area contributed by atoms with E-state index >= 15 is 0 Å². The van der Waals surface area contributed by atoms with E-state index in [2.05, 4.69) is 26.1 Å². The van der Waals surface area contributed by atoms with Crippen molar-refractivity contribution in [2.24, 2.45) is 11.8 Å². The average Bonchev–Trinajstić information content (AvgIpc) is 2.80. The summed E-state index contributed by atoms with van der Waals surface area (Å²) in [5.74, 6) is 1.91. The maximum atomic E-state index is 3.76. The summed E-state index contributed by atoms with van der Waals surface area (Å²) < 4.78 is 0. The summed E-state index contributed by atoms with van der Waals surface area (Å²) in [6, 6.07) is 0.761. The van der Waals surface area contributed by atoms with E-state index in [0.29, 0.717) is 0 Å². The predicted octanol–water partition coefficient (Wildman–Crippen LogP) is 4.37. The Morgan fingerprint density at radius 2 is 1.81 bits per heavy atom. The molecule has 1 nitrogen and oxygen atoms in total. The maximum absolute atomic E-state index is 3.76. The third-order valence-electron chi connectivity index (χ3n) is 4.34. The van der Waals surface area contributed by atoms with Crippen LogP contribution in [0.3, 0.4) is 0 Å². The monoisotopic (exact) mass is 225 g/mol. The molecule has 0 bridgehead atoms. The lowest BCUT2D eigenvalue weighted by Gasteiger charge is -2.21. The largest absolute Gasteiger partial charge is 0.314 e. The second kappa shape index (κ2) is 8.11. The van der Waals surface area contributed by atoms with Gasteiger partial charge in [0, 0.05) is 6.04 Å². The van der Waals surface area contributed by atoms with Crippen LogP contribution in [-0.4, -0.2) is 12.6 Å². The fourth-order valence-corrected chi connectivity index (χ4v) is 2.84. The van der Waals surface area contributed by atoms with Crippen LogP contribution in [0.15, 0.2) is 0 Å². The molecule has 1 saturated carbocycles. The average molecular weight is 225 g/mol. The lowest BCUT2D eigenvalue weighted by atomic mass is 9.97. The maximum Gasteiger partial charge on any atom is 0.00669 e. The lowest BCUT2D eigenvalue weighted by molar-refractivity contribution is 0.368. The molecule has 96 valence electrons. The van der Waals surface area contributed by atoms with E-state index in [1.165, 1.54) is 57.9 Å². The zero-order chi connectivity index (χ0) is 11.8. The third-order valence-corrected chi connectivity index (χ3v) is 4.34. The molecule has 2 atom stereocenters. The van der Waals surface area contributed by atoms with Crippen molar-refractivity contribution < 1.29 is 0 Å². The normalized spacial score (nSPS) is 21.2. The van der Waals surface area contributed by atoms with Gasteiger partial charge in [0.05, 0.1) is 0 Å². The molecule has 0 heterocycles. The van der Waals surface area contributed by atoms with Gasteiger partial charge >= 0.3 is 0 Å². The van der Waals surface area contributed by atoms with E-state index in [9.17, 15) is 0 Å². The van der Waals surface area contributed by atoms with Gasteiger partial charge in [-0.2, -0.15) is 0 Å². The van der Waals surface area contributed by atoms with Crippen LogP contribution in [0.2, 0.25) is 0 Å². The molecular weight excluding hydrogens is 194 g/mol. The molecule has 0 aromatic rings. The van der Waals surface area contributed by atoms with Gasteiger partial charge in [-0.05, 0) is 37.6 Å². The highest BCUT2D eigenvalue weighted by molar-refractivity contribution is 4.72. The lowest BCUT2D eigenvalue weighted by Crippen LogP contribution is -2.31. The molecule has 0 aliphatic heterocycles. The van der Waals surface area contributed by atoms with Crippen LogP contribution < -0.4 is 5.32 Å². The van der Waals surface area contributed by atoms with Gasteiger partial charge in [-0.25, -0.2) is 0 Å². The highest BCUT2D eigenvalue weighted by atomic mass is 14.9. The van der Waals surface area contributed by atoms with E-state index in [-0.39, 0.29) is 0 Å². The van der Waals surface area contributed by atoms with Gasteiger partial charge in [0.1, 0.15) is 0 Å².